The van der Waals surface area contributed by atoms with Crippen molar-refractivity contribution in [3.8, 4) is 0 Å². The topological polar surface area (TPSA) is 58.4 Å². The summed E-state index contributed by atoms with van der Waals surface area (Å²) in [6.07, 6.45) is 1.72. The van der Waals surface area contributed by atoms with Crippen LogP contribution in [0.25, 0.3) is 11.0 Å². The maximum Gasteiger partial charge on any atom is 0.253 e. The number of aryl methyl sites for hydroxylation is 1. The highest BCUT2D eigenvalue weighted by atomic mass is 16.3. The molecule has 17 heavy (non-hydrogen) atoms. The molecule has 0 saturated carbocycles. The average Bonchev–Trinajstić information content (AvgIpc) is 2.70. The fourth-order valence-electron chi connectivity index (χ4n) is 1.74. The van der Waals surface area contributed by atoms with Gasteiger partial charge < -0.3 is 14.6 Å². The SMILES string of the molecule is CN(CCO)C(=O)c1ccc2c(c1)ncn2C. The number of aliphatic hydroxyl groups is 1. The minimum absolute atomic E-state index is 0.0337. The fourth-order valence-corrected chi connectivity index (χ4v) is 1.74. The van der Waals surface area contributed by atoms with Crippen LogP contribution in [0.1, 0.15) is 10.4 Å². The molecule has 0 bridgehead atoms. The number of rotatable bonds is 3. The van der Waals surface area contributed by atoms with E-state index in [1.165, 1.54) is 4.90 Å². The van der Waals surface area contributed by atoms with Crippen molar-refractivity contribution in [1.29, 1.82) is 0 Å². The van der Waals surface area contributed by atoms with Gasteiger partial charge in [0, 0.05) is 26.2 Å². The number of hydrogen-bond acceptors (Lipinski definition) is 3. The molecule has 0 radical (unpaired) electrons. The van der Waals surface area contributed by atoms with Crippen LogP contribution in [0.15, 0.2) is 24.5 Å². The lowest BCUT2D eigenvalue weighted by Gasteiger charge is -2.15. The third-order valence-electron chi connectivity index (χ3n) is 2.75. The molecule has 90 valence electrons. The number of hydrogen-bond donors (Lipinski definition) is 1. The van der Waals surface area contributed by atoms with E-state index in [1.54, 1.807) is 25.5 Å². The summed E-state index contributed by atoms with van der Waals surface area (Å²) in [6, 6.07) is 5.42. The number of carbonyl (C=O) groups is 1. The standard InChI is InChI=1S/C12H15N3O2/c1-14(5-6-16)12(17)9-3-4-11-10(7-9)13-8-15(11)2/h3-4,7-8,16H,5-6H2,1-2H3. The molecule has 5 heteroatoms. The molecule has 1 aromatic heterocycles. The Morgan fingerprint density at radius 2 is 2.29 bits per heavy atom. The molecule has 0 atom stereocenters. The Kier molecular flexibility index (Phi) is 3.10. The molecule has 2 aromatic rings. The van der Waals surface area contributed by atoms with Gasteiger partial charge in [-0.3, -0.25) is 4.79 Å². The first-order valence-electron chi connectivity index (χ1n) is 5.41. The van der Waals surface area contributed by atoms with Gasteiger partial charge in [-0.15, -0.1) is 0 Å². The first kappa shape index (κ1) is 11.6. The molecule has 0 aliphatic carbocycles. The van der Waals surface area contributed by atoms with Gasteiger partial charge in [0.15, 0.2) is 0 Å². The molecule has 1 aromatic carbocycles. The van der Waals surface area contributed by atoms with Crippen LogP contribution >= 0.6 is 0 Å². The number of likely N-dealkylation sites (N-methyl/N-ethyl adjacent to an activating group) is 1. The number of fused-ring (bicyclic) bond motifs is 1. The van der Waals surface area contributed by atoms with E-state index in [0.29, 0.717) is 12.1 Å². The van der Waals surface area contributed by atoms with Crippen LogP contribution in [0.4, 0.5) is 0 Å². The maximum atomic E-state index is 12.0. The summed E-state index contributed by atoms with van der Waals surface area (Å²) in [5.41, 5.74) is 2.38. The lowest BCUT2D eigenvalue weighted by molar-refractivity contribution is 0.0767. The van der Waals surface area contributed by atoms with E-state index in [9.17, 15) is 4.79 Å². The number of carbonyl (C=O) groups excluding carboxylic acids is 1. The van der Waals surface area contributed by atoms with Gasteiger partial charge in [-0.2, -0.15) is 0 Å². The van der Waals surface area contributed by atoms with Crippen LogP contribution in [0.5, 0.6) is 0 Å². The van der Waals surface area contributed by atoms with Crippen molar-refractivity contribution in [2.45, 2.75) is 0 Å². The Morgan fingerprint density at radius 1 is 1.53 bits per heavy atom. The summed E-state index contributed by atoms with van der Waals surface area (Å²) in [5, 5.41) is 8.80. The highest BCUT2D eigenvalue weighted by Crippen LogP contribution is 2.14. The molecule has 0 fully saturated rings. The largest absolute Gasteiger partial charge is 0.395 e. The van der Waals surface area contributed by atoms with E-state index in [1.807, 2.05) is 17.7 Å². The van der Waals surface area contributed by atoms with Crippen LogP contribution in [-0.2, 0) is 7.05 Å². The lowest BCUT2D eigenvalue weighted by atomic mass is 10.2. The van der Waals surface area contributed by atoms with Crippen LogP contribution in [0.2, 0.25) is 0 Å². The Morgan fingerprint density at radius 3 is 3.00 bits per heavy atom. The molecule has 0 aliphatic heterocycles. The molecular formula is C12H15N3O2. The second-order valence-corrected chi connectivity index (χ2v) is 4.01. The second-order valence-electron chi connectivity index (χ2n) is 4.01. The molecule has 1 N–H and O–H groups in total. The first-order chi connectivity index (χ1) is 8.13. The van der Waals surface area contributed by atoms with Crippen molar-refractivity contribution < 1.29 is 9.90 Å². The molecule has 5 nitrogen and oxygen atoms in total. The summed E-state index contributed by atoms with van der Waals surface area (Å²) in [6.45, 7) is 0.299. The number of nitrogens with zero attached hydrogens (tertiary/aromatic N) is 3. The van der Waals surface area contributed by atoms with Crippen molar-refractivity contribution in [1.82, 2.24) is 14.5 Å². The Labute approximate surface area is 99.3 Å². The molecular weight excluding hydrogens is 218 g/mol. The quantitative estimate of drug-likeness (QED) is 0.846. The van der Waals surface area contributed by atoms with Gasteiger partial charge >= 0.3 is 0 Å². The lowest BCUT2D eigenvalue weighted by Crippen LogP contribution is -2.29. The Balaban J connectivity index is 2.33. The minimum Gasteiger partial charge on any atom is -0.395 e. The third kappa shape index (κ3) is 2.14. The normalized spacial score (nSPS) is 10.8. The minimum atomic E-state index is -0.105. The molecule has 2 rings (SSSR count). The van der Waals surface area contributed by atoms with Crippen molar-refractivity contribution in [3.63, 3.8) is 0 Å². The summed E-state index contributed by atoms with van der Waals surface area (Å²) in [5.74, 6) is -0.105. The van der Waals surface area contributed by atoms with Crippen molar-refractivity contribution in [3.05, 3.63) is 30.1 Å². The number of imidazole rings is 1. The zero-order chi connectivity index (χ0) is 12.4. The average molecular weight is 233 g/mol. The van der Waals surface area contributed by atoms with E-state index in [0.717, 1.165) is 11.0 Å². The van der Waals surface area contributed by atoms with Gasteiger partial charge in [0.1, 0.15) is 0 Å². The summed E-state index contributed by atoms with van der Waals surface area (Å²) >= 11 is 0. The van der Waals surface area contributed by atoms with Crippen LogP contribution in [0, 0.1) is 0 Å². The van der Waals surface area contributed by atoms with Gasteiger partial charge in [0.25, 0.3) is 5.91 Å². The highest BCUT2D eigenvalue weighted by molar-refractivity contribution is 5.97. The molecule has 0 spiro atoms. The number of amides is 1. The predicted molar refractivity (Wildman–Crippen MR) is 64.8 cm³/mol. The van der Waals surface area contributed by atoms with E-state index < -0.39 is 0 Å². The van der Waals surface area contributed by atoms with Crippen molar-refractivity contribution in [2.24, 2.45) is 7.05 Å². The highest BCUT2D eigenvalue weighted by Gasteiger charge is 2.12. The van der Waals surface area contributed by atoms with Crippen molar-refractivity contribution >= 4 is 16.9 Å². The molecule has 0 saturated heterocycles. The van der Waals surface area contributed by atoms with Gasteiger partial charge in [-0.1, -0.05) is 0 Å². The van der Waals surface area contributed by atoms with E-state index >= 15 is 0 Å². The zero-order valence-electron chi connectivity index (χ0n) is 9.92. The fraction of sp³-hybridized carbons (Fsp3) is 0.333. The van der Waals surface area contributed by atoms with Gasteiger partial charge in [-0.05, 0) is 18.2 Å². The van der Waals surface area contributed by atoms with Crippen LogP contribution in [-0.4, -0.2) is 45.7 Å². The van der Waals surface area contributed by atoms with Crippen LogP contribution in [0.3, 0.4) is 0 Å². The van der Waals surface area contributed by atoms with E-state index in [2.05, 4.69) is 4.98 Å². The third-order valence-corrected chi connectivity index (χ3v) is 2.75. The number of benzene rings is 1. The Bertz CT molecular complexity index is 548. The smallest absolute Gasteiger partial charge is 0.253 e. The Hall–Kier alpha value is -1.88. The van der Waals surface area contributed by atoms with E-state index in [-0.39, 0.29) is 12.5 Å². The first-order valence-corrected chi connectivity index (χ1v) is 5.41. The summed E-state index contributed by atoms with van der Waals surface area (Å²) in [4.78, 5) is 17.7. The maximum absolute atomic E-state index is 12.0. The molecule has 0 unspecified atom stereocenters. The summed E-state index contributed by atoms with van der Waals surface area (Å²) in [7, 11) is 3.58. The zero-order valence-corrected chi connectivity index (χ0v) is 9.92. The monoisotopic (exact) mass is 233 g/mol. The van der Waals surface area contributed by atoms with Gasteiger partial charge in [0.05, 0.1) is 24.0 Å². The molecule has 0 aliphatic rings. The summed E-state index contributed by atoms with van der Waals surface area (Å²) < 4.78 is 1.90. The molecule has 1 heterocycles. The number of aliphatic hydroxyl groups excluding tert-OH is 1. The van der Waals surface area contributed by atoms with Crippen molar-refractivity contribution in [2.75, 3.05) is 20.2 Å². The second kappa shape index (κ2) is 4.55. The van der Waals surface area contributed by atoms with Gasteiger partial charge in [0.2, 0.25) is 0 Å². The predicted octanol–water partition coefficient (Wildman–Crippen LogP) is 0.638. The van der Waals surface area contributed by atoms with Gasteiger partial charge in [-0.25, -0.2) is 4.98 Å². The van der Waals surface area contributed by atoms with Crippen LogP contribution < -0.4 is 0 Å². The van der Waals surface area contributed by atoms with E-state index in [4.69, 9.17) is 5.11 Å². The molecule has 1 amide bonds. The number of aromatic nitrogens is 2.